The van der Waals surface area contributed by atoms with Crippen molar-refractivity contribution in [2.45, 2.75) is 54.4 Å². The van der Waals surface area contributed by atoms with E-state index in [-0.39, 0.29) is 5.78 Å². The Morgan fingerprint density at radius 2 is 1.65 bits per heavy atom. The van der Waals surface area contributed by atoms with Crippen molar-refractivity contribution in [2.24, 2.45) is 9.98 Å². The second-order valence-corrected chi connectivity index (χ2v) is 6.85. The molecule has 0 atom stereocenters. The molecule has 1 aromatic rings. The number of rotatable bonds is 9. The Hall–Kier alpha value is -3.07. The Morgan fingerprint density at radius 1 is 1.00 bits per heavy atom. The molecule has 31 heavy (non-hydrogen) atoms. The Kier molecular flexibility index (Phi) is 15.0. The third kappa shape index (κ3) is 11.6. The molecule has 0 radical (unpaired) electrons. The molecule has 0 heterocycles. The van der Waals surface area contributed by atoms with E-state index in [1.165, 1.54) is 30.0 Å². The van der Waals surface area contributed by atoms with Gasteiger partial charge in [0, 0.05) is 18.3 Å². The maximum absolute atomic E-state index is 11.1. The Balaban J connectivity index is 0.000000581. The first kappa shape index (κ1) is 27.9. The summed E-state index contributed by atoms with van der Waals surface area (Å²) < 4.78 is 0. The molecule has 0 aliphatic carbocycles. The summed E-state index contributed by atoms with van der Waals surface area (Å²) >= 11 is 0. The van der Waals surface area contributed by atoms with E-state index in [0.29, 0.717) is 5.57 Å². The molecular formula is C28H38N2O. The van der Waals surface area contributed by atoms with Gasteiger partial charge in [0.2, 0.25) is 0 Å². The zero-order chi connectivity index (χ0) is 23.6. The maximum atomic E-state index is 11.1. The van der Waals surface area contributed by atoms with Crippen LogP contribution >= 0.6 is 0 Å². The van der Waals surface area contributed by atoms with E-state index in [1.54, 1.807) is 25.3 Å². The van der Waals surface area contributed by atoms with Crippen LogP contribution in [0.1, 0.15) is 59.1 Å². The van der Waals surface area contributed by atoms with Crippen LogP contribution in [0, 0.1) is 0 Å². The molecule has 1 rings (SSSR count). The van der Waals surface area contributed by atoms with Gasteiger partial charge in [0.15, 0.2) is 5.78 Å². The van der Waals surface area contributed by atoms with Crippen LogP contribution in [0.3, 0.4) is 0 Å². The summed E-state index contributed by atoms with van der Waals surface area (Å²) in [7, 11) is 1.66. The molecule has 0 aromatic heterocycles. The fraction of sp³-hybridized carbons (Fsp3) is 0.321. The number of carbonyl (C=O) groups is 1. The van der Waals surface area contributed by atoms with Gasteiger partial charge in [0.25, 0.3) is 0 Å². The third-order valence-corrected chi connectivity index (χ3v) is 4.55. The van der Waals surface area contributed by atoms with Gasteiger partial charge in [-0.05, 0) is 62.8 Å². The lowest BCUT2D eigenvalue weighted by Gasteiger charge is -2.03. The zero-order valence-corrected chi connectivity index (χ0v) is 20.3. The molecule has 0 amide bonds. The minimum absolute atomic E-state index is 0.0382. The molecule has 0 aliphatic heterocycles. The van der Waals surface area contributed by atoms with Gasteiger partial charge in [0.05, 0.1) is 0 Å². The molecule has 1 aromatic carbocycles. The lowest BCUT2D eigenvalue weighted by Crippen LogP contribution is -1.96. The van der Waals surface area contributed by atoms with Crippen LogP contribution in [0.2, 0.25) is 0 Å². The molecule has 166 valence electrons. The van der Waals surface area contributed by atoms with E-state index in [1.807, 2.05) is 13.8 Å². The van der Waals surface area contributed by atoms with Crippen molar-refractivity contribution >= 4 is 23.4 Å². The first-order valence-corrected chi connectivity index (χ1v) is 10.8. The fourth-order valence-electron chi connectivity index (χ4n) is 2.49. The topological polar surface area (TPSA) is 41.8 Å². The highest BCUT2D eigenvalue weighted by Crippen LogP contribution is 2.17. The van der Waals surface area contributed by atoms with Crippen LogP contribution in [0.15, 0.2) is 88.4 Å². The SMILES string of the molecule is C/C=C(\C=C/CC)c1ccc(CC)cc1.C=C(/C=C\C(=C/C)C(C)=O)C(C)=NC=NC. The minimum atomic E-state index is 0.0382. The number of hydrogen-bond donors (Lipinski definition) is 0. The predicted molar refractivity (Wildman–Crippen MR) is 139 cm³/mol. The molecule has 0 saturated carbocycles. The molecule has 0 N–H and O–H groups in total. The van der Waals surface area contributed by atoms with Crippen LogP contribution in [0.4, 0.5) is 0 Å². The van der Waals surface area contributed by atoms with Gasteiger partial charge in [-0.3, -0.25) is 9.79 Å². The molecule has 0 fully saturated rings. The van der Waals surface area contributed by atoms with Crippen molar-refractivity contribution in [3.8, 4) is 0 Å². The number of benzene rings is 1. The number of carbonyl (C=O) groups excluding carboxylic acids is 1. The Morgan fingerprint density at radius 3 is 2.10 bits per heavy atom. The first-order chi connectivity index (χ1) is 14.8. The molecule has 0 spiro atoms. The zero-order valence-electron chi connectivity index (χ0n) is 20.3. The summed E-state index contributed by atoms with van der Waals surface area (Å²) in [5.41, 5.74) is 6.21. The number of hydrogen-bond acceptors (Lipinski definition) is 2. The molecule has 0 unspecified atom stereocenters. The average molecular weight is 419 g/mol. The van der Waals surface area contributed by atoms with Gasteiger partial charge >= 0.3 is 0 Å². The quantitative estimate of drug-likeness (QED) is 0.179. The molecular weight excluding hydrogens is 380 g/mol. The lowest BCUT2D eigenvalue weighted by molar-refractivity contribution is -0.113. The molecule has 0 saturated heterocycles. The summed E-state index contributed by atoms with van der Waals surface area (Å²) in [6.07, 6.45) is 15.5. The molecule has 0 bridgehead atoms. The number of nitrogens with zero attached hydrogens (tertiary/aromatic N) is 2. The van der Waals surface area contributed by atoms with Crippen LogP contribution < -0.4 is 0 Å². The van der Waals surface area contributed by atoms with Crippen molar-refractivity contribution < 1.29 is 4.79 Å². The molecule has 0 aliphatic rings. The van der Waals surface area contributed by atoms with Crippen molar-refractivity contribution in [1.29, 1.82) is 0 Å². The van der Waals surface area contributed by atoms with E-state index in [9.17, 15) is 4.79 Å². The van der Waals surface area contributed by atoms with Gasteiger partial charge in [-0.1, -0.05) is 81.1 Å². The van der Waals surface area contributed by atoms with Crippen molar-refractivity contribution in [3.05, 3.63) is 89.6 Å². The van der Waals surface area contributed by atoms with Crippen LogP contribution in [-0.4, -0.2) is 24.9 Å². The van der Waals surface area contributed by atoms with Crippen LogP contribution in [-0.2, 0) is 11.2 Å². The number of ketones is 1. The van der Waals surface area contributed by atoms with E-state index in [0.717, 1.165) is 24.1 Å². The standard InChI is InChI=1S/C15H20.C13H18N2O/c1-4-7-8-14(6-3)15-11-9-13(5-2)10-12-15;1-6-13(12(4)16)8-7-10(2)11(3)15-9-14-5/h6-12H,4-5H2,1-3H3;6-9H,2H2,1,3-5H3/b8-7-,14-6+;8-7-,13-6+,14-9?,15-11?. The second-order valence-electron chi connectivity index (χ2n) is 6.85. The fourth-order valence-corrected chi connectivity index (χ4v) is 2.49. The smallest absolute Gasteiger partial charge is 0.159 e. The largest absolute Gasteiger partial charge is 0.295 e. The molecule has 3 nitrogen and oxygen atoms in total. The monoisotopic (exact) mass is 418 g/mol. The van der Waals surface area contributed by atoms with Gasteiger partial charge in [0.1, 0.15) is 6.34 Å². The van der Waals surface area contributed by atoms with Gasteiger partial charge < -0.3 is 0 Å². The van der Waals surface area contributed by atoms with Crippen LogP contribution in [0.5, 0.6) is 0 Å². The number of allylic oxidation sites excluding steroid dienone is 9. The van der Waals surface area contributed by atoms with Gasteiger partial charge in [-0.2, -0.15) is 0 Å². The average Bonchev–Trinajstić information content (AvgIpc) is 2.78. The summed E-state index contributed by atoms with van der Waals surface area (Å²) in [5, 5.41) is 0. The highest BCUT2D eigenvalue weighted by Gasteiger charge is 1.98. The highest BCUT2D eigenvalue weighted by molar-refractivity contribution is 6.04. The van der Waals surface area contributed by atoms with E-state index in [2.05, 4.69) is 79.8 Å². The number of aliphatic imine (C=N–C) groups is 2. The summed E-state index contributed by atoms with van der Waals surface area (Å²) in [6.45, 7) is 15.5. The van der Waals surface area contributed by atoms with Crippen LogP contribution in [0.25, 0.3) is 5.57 Å². The second kappa shape index (κ2) is 16.7. The van der Waals surface area contributed by atoms with Crippen molar-refractivity contribution in [1.82, 2.24) is 0 Å². The lowest BCUT2D eigenvalue weighted by atomic mass is 10.0. The van der Waals surface area contributed by atoms with E-state index < -0.39 is 0 Å². The highest BCUT2D eigenvalue weighted by atomic mass is 16.1. The Bertz CT molecular complexity index is 876. The number of Topliss-reactive ketones (excluding diaryl/α,β-unsaturated/α-hetero) is 1. The third-order valence-electron chi connectivity index (χ3n) is 4.55. The summed E-state index contributed by atoms with van der Waals surface area (Å²) in [4.78, 5) is 18.9. The van der Waals surface area contributed by atoms with Crippen molar-refractivity contribution in [2.75, 3.05) is 7.05 Å². The first-order valence-electron chi connectivity index (χ1n) is 10.8. The summed E-state index contributed by atoms with van der Waals surface area (Å²) in [6, 6.07) is 8.82. The maximum Gasteiger partial charge on any atom is 0.159 e. The van der Waals surface area contributed by atoms with E-state index in [4.69, 9.17) is 0 Å². The Labute approximate surface area is 189 Å². The minimum Gasteiger partial charge on any atom is -0.295 e. The van der Waals surface area contributed by atoms with Gasteiger partial charge in [-0.25, -0.2) is 4.99 Å². The summed E-state index contributed by atoms with van der Waals surface area (Å²) in [5.74, 6) is 0.0382. The van der Waals surface area contributed by atoms with Gasteiger partial charge in [-0.15, -0.1) is 0 Å². The molecule has 3 heteroatoms. The predicted octanol–water partition coefficient (Wildman–Crippen LogP) is 7.37. The van der Waals surface area contributed by atoms with E-state index >= 15 is 0 Å². The number of aryl methyl sites for hydroxylation is 1. The normalized spacial score (nSPS) is 13.1. The van der Waals surface area contributed by atoms with Crippen molar-refractivity contribution in [3.63, 3.8) is 0 Å².